The van der Waals surface area contributed by atoms with Gasteiger partial charge < -0.3 is 5.32 Å². The molecular weight excluding hydrogens is 180 g/mol. The first-order valence-corrected chi connectivity index (χ1v) is 3.41. The van der Waals surface area contributed by atoms with Crippen molar-refractivity contribution >= 4 is 21.6 Å². The van der Waals surface area contributed by atoms with E-state index in [0.29, 0.717) is 0 Å². The van der Waals surface area contributed by atoms with Crippen LogP contribution in [0.5, 0.6) is 0 Å². The molecule has 0 saturated heterocycles. The van der Waals surface area contributed by atoms with Crippen molar-refractivity contribution in [3.05, 3.63) is 22.9 Å². The standard InChI is InChI=1S/C6H7BrN2/c1-8-6-2-3-9-4-5(6)7/h2-4H,1H3,(H,8,9). The molecule has 9 heavy (non-hydrogen) atoms. The first-order chi connectivity index (χ1) is 4.34. The summed E-state index contributed by atoms with van der Waals surface area (Å²) in [6.45, 7) is 0. The lowest BCUT2D eigenvalue weighted by atomic mass is 10.4. The van der Waals surface area contributed by atoms with Crippen LogP contribution in [0.25, 0.3) is 0 Å². The zero-order valence-electron chi connectivity index (χ0n) is 5.06. The Bertz CT molecular complexity index is 200. The Kier molecular flexibility index (Phi) is 2.05. The van der Waals surface area contributed by atoms with E-state index < -0.39 is 0 Å². The van der Waals surface area contributed by atoms with Crippen molar-refractivity contribution in [2.45, 2.75) is 0 Å². The van der Waals surface area contributed by atoms with Crippen molar-refractivity contribution in [3.8, 4) is 0 Å². The topological polar surface area (TPSA) is 24.9 Å². The zero-order valence-corrected chi connectivity index (χ0v) is 6.64. The Morgan fingerprint density at radius 1 is 1.67 bits per heavy atom. The highest BCUT2D eigenvalue weighted by Gasteiger charge is 1.91. The van der Waals surface area contributed by atoms with E-state index in [-0.39, 0.29) is 0 Å². The van der Waals surface area contributed by atoms with Crippen molar-refractivity contribution in [2.75, 3.05) is 12.4 Å². The maximum Gasteiger partial charge on any atom is 0.0590 e. The summed E-state index contributed by atoms with van der Waals surface area (Å²) < 4.78 is 0.993. The van der Waals surface area contributed by atoms with Crippen molar-refractivity contribution in [1.29, 1.82) is 0 Å². The van der Waals surface area contributed by atoms with E-state index in [0.717, 1.165) is 10.2 Å². The lowest BCUT2D eigenvalue weighted by molar-refractivity contribution is 1.30. The van der Waals surface area contributed by atoms with E-state index in [9.17, 15) is 0 Å². The number of anilines is 1. The molecular formula is C6H7BrN2. The second-order valence-corrected chi connectivity index (χ2v) is 2.46. The van der Waals surface area contributed by atoms with Crippen LogP contribution in [0, 0.1) is 0 Å². The molecule has 0 radical (unpaired) electrons. The number of nitrogens with zero attached hydrogens (tertiary/aromatic N) is 1. The quantitative estimate of drug-likeness (QED) is 0.725. The van der Waals surface area contributed by atoms with Crippen LogP contribution in [-0.4, -0.2) is 12.0 Å². The number of nitrogens with one attached hydrogen (secondary N) is 1. The number of pyridine rings is 1. The fourth-order valence-corrected chi connectivity index (χ4v) is 1.03. The van der Waals surface area contributed by atoms with E-state index >= 15 is 0 Å². The Morgan fingerprint density at radius 3 is 2.89 bits per heavy atom. The van der Waals surface area contributed by atoms with E-state index in [1.54, 1.807) is 12.4 Å². The van der Waals surface area contributed by atoms with Gasteiger partial charge in [-0.05, 0) is 22.0 Å². The summed E-state index contributed by atoms with van der Waals surface area (Å²) in [4.78, 5) is 3.91. The third-order valence-electron chi connectivity index (χ3n) is 1.04. The maximum atomic E-state index is 3.91. The molecule has 3 heteroatoms. The molecule has 0 fully saturated rings. The Hall–Kier alpha value is -0.570. The van der Waals surface area contributed by atoms with Crippen LogP contribution in [-0.2, 0) is 0 Å². The van der Waals surface area contributed by atoms with Gasteiger partial charge in [0, 0.05) is 19.4 Å². The van der Waals surface area contributed by atoms with Gasteiger partial charge in [-0.1, -0.05) is 0 Å². The average molecular weight is 187 g/mol. The molecule has 0 aromatic carbocycles. The molecule has 1 rings (SSSR count). The molecule has 1 aromatic rings. The lowest BCUT2D eigenvalue weighted by Gasteiger charge is -1.99. The van der Waals surface area contributed by atoms with Crippen LogP contribution in [0.2, 0.25) is 0 Å². The fourth-order valence-electron chi connectivity index (χ4n) is 0.578. The molecule has 0 saturated carbocycles. The normalized spacial score (nSPS) is 9.11. The third-order valence-corrected chi connectivity index (χ3v) is 1.67. The van der Waals surface area contributed by atoms with Crippen LogP contribution in [0.1, 0.15) is 0 Å². The minimum Gasteiger partial charge on any atom is -0.387 e. The number of rotatable bonds is 1. The van der Waals surface area contributed by atoms with Crippen molar-refractivity contribution < 1.29 is 0 Å². The van der Waals surface area contributed by atoms with E-state index in [1.807, 2.05) is 13.1 Å². The van der Waals surface area contributed by atoms with Crippen molar-refractivity contribution in [2.24, 2.45) is 0 Å². The monoisotopic (exact) mass is 186 g/mol. The van der Waals surface area contributed by atoms with Crippen LogP contribution >= 0.6 is 15.9 Å². The lowest BCUT2D eigenvalue weighted by Crippen LogP contribution is -1.88. The second-order valence-electron chi connectivity index (χ2n) is 1.61. The summed E-state index contributed by atoms with van der Waals surface area (Å²) in [6, 6.07) is 1.91. The summed E-state index contributed by atoms with van der Waals surface area (Å²) in [5.74, 6) is 0. The Balaban J connectivity index is 3.01. The van der Waals surface area contributed by atoms with E-state index in [1.165, 1.54) is 0 Å². The molecule has 0 amide bonds. The molecule has 0 atom stereocenters. The highest BCUT2D eigenvalue weighted by Crippen LogP contribution is 2.18. The Morgan fingerprint density at radius 2 is 2.44 bits per heavy atom. The summed E-state index contributed by atoms with van der Waals surface area (Å²) in [5, 5.41) is 3.01. The molecule has 1 heterocycles. The maximum absolute atomic E-state index is 3.91. The van der Waals surface area contributed by atoms with Gasteiger partial charge in [-0.15, -0.1) is 0 Å². The minimum atomic E-state index is 0.993. The number of halogens is 1. The van der Waals surface area contributed by atoms with Gasteiger partial charge in [0.25, 0.3) is 0 Å². The molecule has 0 aliphatic heterocycles. The Labute approximate surface area is 62.4 Å². The van der Waals surface area contributed by atoms with Crippen LogP contribution in [0.4, 0.5) is 5.69 Å². The van der Waals surface area contributed by atoms with Gasteiger partial charge in [-0.25, -0.2) is 0 Å². The van der Waals surface area contributed by atoms with Gasteiger partial charge in [0.05, 0.1) is 10.2 Å². The molecule has 0 unspecified atom stereocenters. The molecule has 1 aromatic heterocycles. The van der Waals surface area contributed by atoms with Crippen molar-refractivity contribution in [1.82, 2.24) is 4.98 Å². The molecule has 0 spiro atoms. The third kappa shape index (κ3) is 1.42. The molecule has 2 nitrogen and oxygen atoms in total. The van der Waals surface area contributed by atoms with Crippen molar-refractivity contribution in [3.63, 3.8) is 0 Å². The van der Waals surface area contributed by atoms with Gasteiger partial charge in [0.15, 0.2) is 0 Å². The summed E-state index contributed by atoms with van der Waals surface area (Å²) >= 11 is 3.33. The smallest absolute Gasteiger partial charge is 0.0590 e. The first kappa shape index (κ1) is 6.55. The van der Waals surface area contributed by atoms with Gasteiger partial charge in [-0.2, -0.15) is 0 Å². The molecule has 0 bridgehead atoms. The summed E-state index contributed by atoms with van der Waals surface area (Å²) in [7, 11) is 1.88. The predicted octanol–water partition coefficient (Wildman–Crippen LogP) is 1.89. The minimum absolute atomic E-state index is 0.993. The van der Waals surface area contributed by atoms with Gasteiger partial charge >= 0.3 is 0 Å². The van der Waals surface area contributed by atoms with Crippen LogP contribution < -0.4 is 5.32 Å². The largest absolute Gasteiger partial charge is 0.387 e. The van der Waals surface area contributed by atoms with E-state index in [2.05, 4.69) is 26.2 Å². The number of hydrogen-bond donors (Lipinski definition) is 1. The van der Waals surface area contributed by atoms with E-state index in [4.69, 9.17) is 0 Å². The summed E-state index contributed by atoms with van der Waals surface area (Å²) in [6.07, 6.45) is 3.50. The van der Waals surface area contributed by atoms with Gasteiger partial charge in [0.2, 0.25) is 0 Å². The van der Waals surface area contributed by atoms with Crippen LogP contribution in [0.3, 0.4) is 0 Å². The number of hydrogen-bond acceptors (Lipinski definition) is 2. The van der Waals surface area contributed by atoms with Gasteiger partial charge in [0.1, 0.15) is 0 Å². The summed E-state index contributed by atoms with van der Waals surface area (Å²) in [5.41, 5.74) is 1.06. The second kappa shape index (κ2) is 2.82. The first-order valence-electron chi connectivity index (χ1n) is 2.62. The predicted molar refractivity (Wildman–Crippen MR) is 41.5 cm³/mol. The molecule has 48 valence electrons. The number of aromatic nitrogens is 1. The SMILES string of the molecule is CNc1ccncc1Br. The molecule has 1 N–H and O–H groups in total. The molecule has 0 aliphatic rings. The zero-order chi connectivity index (χ0) is 6.69. The molecule has 0 aliphatic carbocycles. The van der Waals surface area contributed by atoms with Gasteiger partial charge in [-0.3, -0.25) is 4.98 Å². The highest BCUT2D eigenvalue weighted by atomic mass is 79.9. The average Bonchev–Trinajstić information content (AvgIpc) is 1.89. The fraction of sp³-hybridized carbons (Fsp3) is 0.167. The highest BCUT2D eigenvalue weighted by molar-refractivity contribution is 9.10. The van der Waals surface area contributed by atoms with Crippen LogP contribution in [0.15, 0.2) is 22.9 Å².